The minimum atomic E-state index is 0.150. The zero-order valence-electron chi connectivity index (χ0n) is 12.7. The van der Waals surface area contributed by atoms with Crippen molar-refractivity contribution in [3.63, 3.8) is 0 Å². The van der Waals surface area contributed by atoms with E-state index in [-0.39, 0.29) is 11.8 Å². The molecule has 114 valence electrons. The van der Waals surface area contributed by atoms with Gasteiger partial charge in [-0.25, -0.2) is 9.97 Å². The number of hydrogen-bond acceptors (Lipinski definition) is 5. The lowest BCUT2D eigenvalue weighted by Crippen LogP contribution is -2.45. The number of carbonyl (C=O) groups is 1. The number of aryl methyl sites for hydroxylation is 1. The van der Waals surface area contributed by atoms with Gasteiger partial charge < -0.3 is 10.6 Å². The standard InChI is InChI=1S/C15H23N5O/c1-3-16-13-7-10(2)18-14(19-13)9-20-6-4-5-11-12(20)8-17-15(11)21/h7,11-12H,3-6,8-9H2,1-2H3,(H,17,21)(H,16,18,19). The molecule has 0 aliphatic carbocycles. The Morgan fingerprint density at radius 1 is 1.48 bits per heavy atom. The van der Waals surface area contributed by atoms with E-state index < -0.39 is 0 Å². The van der Waals surface area contributed by atoms with Gasteiger partial charge in [0.05, 0.1) is 12.5 Å². The number of likely N-dealkylation sites (tertiary alicyclic amines) is 1. The summed E-state index contributed by atoms with van der Waals surface area (Å²) in [4.78, 5) is 23.3. The van der Waals surface area contributed by atoms with Gasteiger partial charge in [-0.2, -0.15) is 0 Å². The summed E-state index contributed by atoms with van der Waals surface area (Å²) in [6.45, 7) is 7.39. The lowest BCUT2D eigenvalue weighted by atomic mass is 9.91. The van der Waals surface area contributed by atoms with Crippen molar-refractivity contribution in [2.24, 2.45) is 5.92 Å². The molecule has 1 aromatic rings. The number of carbonyl (C=O) groups excluding carboxylic acids is 1. The van der Waals surface area contributed by atoms with Crippen molar-refractivity contribution in [1.82, 2.24) is 20.2 Å². The molecule has 6 nitrogen and oxygen atoms in total. The summed E-state index contributed by atoms with van der Waals surface area (Å²) in [6.07, 6.45) is 2.07. The van der Waals surface area contributed by atoms with E-state index in [0.29, 0.717) is 6.04 Å². The predicted molar refractivity (Wildman–Crippen MR) is 80.9 cm³/mol. The summed E-state index contributed by atoms with van der Waals surface area (Å²) in [5.74, 6) is 2.08. The van der Waals surface area contributed by atoms with E-state index in [9.17, 15) is 4.79 Å². The van der Waals surface area contributed by atoms with Crippen LogP contribution in [0.15, 0.2) is 6.07 Å². The van der Waals surface area contributed by atoms with Crippen LogP contribution in [0.5, 0.6) is 0 Å². The van der Waals surface area contributed by atoms with Crippen LogP contribution in [0.1, 0.15) is 31.3 Å². The maximum atomic E-state index is 11.8. The second kappa shape index (κ2) is 5.97. The number of fused-ring (bicyclic) bond motifs is 1. The number of piperidine rings is 1. The van der Waals surface area contributed by atoms with Gasteiger partial charge in [-0.1, -0.05) is 0 Å². The number of rotatable bonds is 4. The number of nitrogens with zero attached hydrogens (tertiary/aromatic N) is 3. The first-order valence-corrected chi connectivity index (χ1v) is 7.77. The highest BCUT2D eigenvalue weighted by molar-refractivity contribution is 5.82. The topological polar surface area (TPSA) is 70.2 Å². The maximum absolute atomic E-state index is 11.8. The molecule has 3 heterocycles. The Morgan fingerprint density at radius 2 is 2.33 bits per heavy atom. The number of aromatic nitrogens is 2. The molecule has 21 heavy (non-hydrogen) atoms. The van der Waals surface area contributed by atoms with Crippen LogP contribution in [0.3, 0.4) is 0 Å². The van der Waals surface area contributed by atoms with Crippen molar-refractivity contribution >= 4 is 11.7 Å². The number of hydrogen-bond donors (Lipinski definition) is 2. The molecule has 2 N–H and O–H groups in total. The summed E-state index contributed by atoms with van der Waals surface area (Å²) in [6, 6.07) is 2.27. The lowest BCUT2D eigenvalue weighted by molar-refractivity contribution is -0.124. The molecule has 0 bridgehead atoms. The fraction of sp³-hybridized carbons (Fsp3) is 0.667. The molecule has 2 unspecified atom stereocenters. The van der Waals surface area contributed by atoms with Gasteiger partial charge in [-0.05, 0) is 33.2 Å². The summed E-state index contributed by atoms with van der Waals surface area (Å²) >= 11 is 0. The normalized spacial score (nSPS) is 25.5. The molecule has 0 saturated carbocycles. The maximum Gasteiger partial charge on any atom is 0.224 e. The van der Waals surface area contributed by atoms with Crippen LogP contribution in [-0.2, 0) is 11.3 Å². The van der Waals surface area contributed by atoms with Gasteiger partial charge in [0.2, 0.25) is 5.91 Å². The SMILES string of the molecule is CCNc1cc(C)nc(CN2CCCC3C(=O)NCC32)n1. The van der Waals surface area contributed by atoms with Crippen molar-refractivity contribution in [2.45, 2.75) is 39.3 Å². The quantitative estimate of drug-likeness (QED) is 0.863. The Hall–Kier alpha value is -1.69. The lowest BCUT2D eigenvalue weighted by Gasteiger charge is -2.35. The summed E-state index contributed by atoms with van der Waals surface area (Å²) in [5, 5.41) is 6.23. The van der Waals surface area contributed by atoms with Crippen molar-refractivity contribution in [3.8, 4) is 0 Å². The van der Waals surface area contributed by atoms with Crippen LogP contribution in [0, 0.1) is 12.8 Å². The van der Waals surface area contributed by atoms with Crippen LogP contribution < -0.4 is 10.6 Å². The Bertz CT molecular complexity index is 533. The van der Waals surface area contributed by atoms with E-state index in [2.05, 4.69) is 32.4 Å². The fourth-order valence-corrected chi connectivity index (χ4v) is 3.39. The number of amides is 1. The predicted octanol–water partition coefficient (Wildman–Crippen LogP) is 0.927. The third-order valence-electron chi connectivity index (χ3n) is 4.32. The molecule has 1 aromatic heterocycles. The van der Waals surface area contributed by atoms with E-state index >= 15 is 0 Å². The van der Waals surface area contributed by atoms with Crippen molar-refractivity contribution in [1.29, 1.82) is 0 Å². The van der Waals surface area contributed by atoms with E-state index in [1.54, 1.807) is 0 Å². The first-order chi connectivity index (χ1) is 10.2. The van der Waals surface area contributed by atoms with Crippen molar-refractivity contribution < 1.29 is 4.79 Å². The smallest absolute Gasteiger partial charge is 0.224 e. The van der Waals surface area contributed by atoms with E-state index in [0.717, 1.165) is 56.4 Å². The second-order valence-electron chi connectivity index (χ2n) is 5.87. The molecule has 3 rings (SSSR count). The van der Waals surface area contributed by atoms with Crippen LogP contribution in [0.4, 0.5) is 5.82 Å². The fourth-order valence-electron chi connectivity index (χ4n) is 3.39. The van der Waals surface area contributed by atoms with Gasteiger partial charge >= 0.3 is 0 Å². The third kappa shape index (κ3) is 3.00. The van der Waals surface area contributed by atoms with Gasteiger partial charge in [0.1, 0.15) is 11.6 Å². The summed E-state index contributed by atoms with van der Waals surface area (Å²) in [5.41, 5.74) is 0.977. The first-order valence-electron chi connectivity index (χ1n) is 7.77. The highest BCUT2D eigenvalue weighted by Gasteiger charge is 2.40. The average molecular weight is 289 g/mol. The van der Waals surface area contributed by atoms with Gasteiger partial charge in [-0.15, -0.1) is 0 Å². The Labute approximate surface area is 125 Å². The molecule has 0 aromatic carbocycles. The van der Waals surface area contributed by atoms with Gasteiger partial charge in [0.25, 0.3) is 0 Å². The van der Waals surface area contributed by atoms with Crippen LogP contribution >= 0.6 is 0 Å². The second-order valence-corrected chi connectivity index (χ2v) is 5.87. The molecular weight excluding hydrogens is 266 g/mol. The molecule has 2 atom stereocenters. The van der Waals surface area contributed by atoms with Gasteiger partial charge in [0.15, 0.2) is 0 Å². The Balaban J connectivity index is 1.75. The summed E-state index contributed by atoms with van der Waals surface area (Å²) in [7, 11) is 0. The van der Waals surface area contributed by atoms with Gasteiger partial charge in [0, 0.05) is 30.9 Å². The van der Waals surface area contributed by atoms with Crippen molar-refractivity contribution in [2.75, 3.05) is 25.0 Å². The first kappa shape index (κ1) is 14.3. The zero-order valence-corrected chi connectivity index (χ0v) is 12.7. The molecule has 2 saturated heterocycles. The molecule has 2 aliphatic heterocycles. The number of anilines is 1. The molecule has 0 spiro atoms. The van der Waals surface area contributed by atoms with E-state index in [4.69, 9.17) is 0 Å². The highest BCUT2D eigenvalue weighted by atomic mass is 16.2. The minimum absolute atomic E-state index is 0.150. The molecule has 6 heteroatoms. The molecular formula is C15H23N5O. The Kier molecular flexibility index (Phi) is 4.05. The molecule has 2 fully saturated rings. The highest BCUT2D eigenvalue weighted by Crippen LogP contribution is 2.28. The number of nitrogens with one attached hydrogen (secondary N) is 2. The van der Waals surface area contributed by atoms with Crippen LogP contribution in [0.25, 0.3) is 0 Å². The zero-order chi connectivity index (χ0) is 14.8. The van der Waals surface area contributed by atoms with Crippen molar-refractivity contribution in [3.05, 3.63) is 17.6 Å². The minimum Gasteiger partial charge on any atom is -0.370 e. The largest absolute Gasteiger partial charge is 0.370 e. The Morgan fingerprint density at radius 3 is 3.14 bits per heavy atom. The van der Waals surface area contributed by atoms with Crippen LogP contribution in [-0.4, -0.2) is 46.5 Å². The summed E-state index contributed by atoms with van der Waals surface area (Å²) < 4.78 is 0. The molecule has 1 amide bonds. The van der Waals surface area contributed by atoms with Crippen LogP contribution in [0.2, 0.25) is 0 Å². The van der Waals surface area contributed by atoms with Gasteiger partial charge in [-0.3, -0.25) is 9.69 Å². The average Bonchev–Trinajstić information content (AvgIpc) is 2.82. The molecule has 0 radical (unpaired) electrons. The van der Waals surface area contributed by atoms with E-state index in [1.807, 2.05) is 13.0 Å². The third-order valence-corrected chi connectivity index (χ3v) is 4.32. The molecule has 2 aliphatic rings. The van der Waals surface area contributed by atoms with E-state index in [1.165, 1.54) is 0 Å². The monoisotopic (exact) mass is 289 g/mol.